The average Bonchev–Trinajstić information content (AvgIpc) is 3.27. The molecule has 3 aliphatic rings. The third-order valence-corrected chi connectivity index (χ3v) is 9.18. The molecular formula is C42H67N3. The number of hydrogen-bond donors (Lipinski definition) is 0. The molecule has 1 aromatic rings. The second-order valence-corrected chi connectivity index (χ2v) is 14.0. The molecule has 3 aliphatic carbocycles. The molecule has 1 fully saturated rings. The fourth-order valence-corrected chi connectivity index (χ4v) is 6.12. The topological polar surface area (TPSA) is 28.0 Å². The Morgan fingerprint density at radius 2 is 1.62 bits per heavy atom. The molecule has 0 spiro atoms. The molecule has 0 amide bonds. The lowest BCUT2D eigenvalue weighted by Crippen LogP contribution is -2.35. The second kappa shape index (κ2) is 21.3. The Hall–Kier alpha value is -2.52. The molecule has 0 aliphatic heterocycles. The van der Waals surface area contributed by atoms with Gasteiger partial charge in [-0.2, -0.15) is 0 Å². The van der Waals surface area contributed by atoms with Gasteiger partial charge in [-0.25, -0.2) is 9.98 Å². The first-order chi connectivity index (χ1) is 21.6. The van der Waals surface area contributed by atoms with E-state index in [-0.39, 0.29) is 0 Å². The third-order valence-electron chi connectivity index (χ3n) is 9.18. The predicted molar refractivity (Wildman–Crippen MR) is 202 cm³/mol. The monoisotopic (exact) mass is 614 g/mol. The summed E-state index contributed by atoms with van der Waals surface area (Å²) in [5, 5.41) is 0. The molecule has 3 nitrogen and oxygen atoms in total. The highest BCUT2D eigenvalue weighted by Gasteiger charge is 2.24. The standard InChI is InChI=1S/C30H41N3.C7H16.C5H10/c1-7-24-15-12-16-25(8-2)29(24)30(31-22(3)4)32-23(5)20-21-33(6)28-19-13-17-26-14-10-9-11-18-27(26)28;1-4-5-6-7(2)3;1-5-3-2-4-5/h9-12,15-16,18,20,28H,7-8,13-14,17,19,21H2,1-6H3;7H,4-6H2,1-3H3;5H,2-4H2,1H3/b23-20+,32-30?;;/t28-;;/m0../s1. The highest BCUT2D eigenvalue weighted by molar-refractivity contribution is 6.08. The molecule has 3 heteroatoms. The SMILES string of the molecule is CC1CCC1.CCCCC(C)C.CCc1cccc(CC)c1C(N=C(C)C)=N/C(C)=C/CN(C)[C@H]1CCCC2=C1C=CC=CC2. The normalized spacial score (nSPS) is 18.4. The molecule has 0 N–H and O–H groups in total. The Morgan fingerprint density at radius 1 is 0.956 bits per heavy atom. The van der Waals surface area contributed by atoms with Gasteiger partial charge in [0.2, 0.25) is 0 Å². The van der Waals surface area contributed by atoms with Crippen molar-refractivity contribution in [2.45, 2.75) is 145 Å². The van der Waals surface area contributed by atoms with Crippen LogP contribution in [0.3, 0.4) is 0 Å². The zero-order chi connectivity index (χ0) is 33.2. The van der Waals surface area contributed by atoms with Crippen molar-refractivity contribution in [2.75, 3.05) is 13.6 Å². The van der Waals surface area contributed by atoms with Crippen molar-refractivity contribution >= 4 is 11.5 Å². The van der Waals surface area contributed by atoms with Crippen molar-refractivity contribution in [1.82, 2.24) is 4.90 Å². The summed E-state index contributed by atoms with van der Waals surface area (Å²) in [6.07, 6.45) is 26.7. The van der Waals surface area contributed by atoms with E-state index < -0.39 is 0 Å². The van der Waals surface area contributed by atoms with E-state index in [1.807, 2.05) is 13.8 Å². The number of aliphatic imine (C=N–C) groups is 2. The molecule has 0 aromatic heterocycles. The average molecular weight is 614 g/mol. The van der Waals surface area contributed by atoms with E-state index in [4.69, 9.17) is 9.98 Å². The fourth-order valence-electron chi connectivity index (χ4n) is 6.12. The predicted octanol–water partition coefficient (Wildman–Crippen LogP) is 11.9. The molecule has 45 heavy (non-hydrogen) atoms. The number of nitrogens with zero attached hydrogens (tertiary/aromatic N) is 3. The van der Waals surface area contributed by atoms with Gasteiger partial charge in [-0.1, -0.05) is 128 Å². The van der Waals surface area contributed by atoms with Crippen LogP contribution in [0, 0.1) is 11.8 Å². The maximum atomic E-state index is 5.05. The number of likely N-dealkylation sites (N-methyl/N-ethyl adjacent to an activating group) is 1. The molecule has 0 saturated heterocycles. The molecular weight excluding hydrogens is 546 g/mol. The van der Waals surface area contributed by atoms with Crippen LogP contribution < -0.4 is 0 Å². The summed E-state index contributed by atoms with van der Waals surface area (Å²) in [7, 11) is 2.25. The minimum atomic E-state index is 0.487. The largest absolute Gasteiger partial charge is 0.296 e. The third kappa shape index (κ3) is 13.8. The van der Waals surface area contributed by atoms with Crippen molar-refractivity contribution < 1.29 is 0 Å². The van der Waals surface area contributed by atoms with Gasteiger partial charge in [0.1, 0.15) is 0 Å². The van der Waals surface area contributed by atoms with Gasteiger partial charge in [0.15, 0.2) is 5.84 Å². The molecule has 4 rings (SSSR count). The van der Waals surface area contributed by atoms with Crippen LogP contribution in [0.4, 0.5) is 0 Å². The zero-order valence-corrected chi connectivity index (χ0v) is 30.9. The van der Waals surface area contributed by atoms with Gasteiger partial charge in [0, 0.05) is 29.6 Å². The van der Waals surface area contributed by atoms with Gasteiger partial charge < -0.3 is 0 Å². The maximum absolute atomic E-state index is 5.05. The minimum absolute atomic E-state index is 0.487. The zero-order valence-electron chi connectivity index (χ0n) is 30.9. The number of benzene rings is 1. The minimum Gasteiger partial charge on any atom is -0.296 e. The summed E-state index contributed by atoms with van der Waals surface area (Å²) in [6, 6.07) is 7.06. The van der Waals surface area contributed by atoms with Crippen molar-refractivity contribution in [1.29, 1.82) is 0 Å². The van der Waals surface area contributed by atoms with Gasteiger partial charge in [0.25, 0.3) is 0 Å². The van der Waals surface area contributed by atoms with Gasteiger partial charge in [-0.15, -0.1) is 0 Å². The smallest absolute Gasteiger partial charge is 0.159 e. The van der Waals surface area contributed by atoms with E-state index in [9.17, 15) is 0 Å². The number of allylic oxidation sites excluding steroid dienone is 5. The first-order valence-corrected chi connectivity index (χ1v) is 18.2. The van der Waals surface area contributed by atoms with Crippen LogP contribution in [-0.2, 0) is 12.8 Å². The molecule has 0 bridgehead atoms. The summed E-state index contributed by atoms with van der Waals surface area (Å²) in [5.74, 6) is 2.82. The lowest BCUT2D eigenvalue weighted by atomic mass is 9.85. The summed E-state index contributed by atoms with van der Waals surface area (Å²) in [4.78, 5) is 12.4. The summed E-state index contributed by atoms with van der Waals surface area (Å²) in [6.45, 7) is 20.6. The highest BCUT2D eigenvalue weighted by atomic mass is 15.1. The summed E-state index contributed by atoms with van der Waals surface area (Å²) < 4.78 is 0. The van der Waals surface area contributed by atoms with E-state index in [1.165, 1.54) is 80.1 Å². The van der Waals surface area contributed by atoms with E-state index in [0.29, 0.717) is 6.04 Å². The van der Waals surface area contributed by atoms with E-state index >= 15 is 0 Å². The number of unbranched alkanes of at least 4 members (excludes halogenated alkanes) is 1. The number of hydrogen-bond acceptors (Lipinski definition) is 2. The molecule has 250 valence electrons. The van der Waals surface area contributed by atoms with Crippen LogP contribution in [0.2, 0.25) is 0 Å². The van der Waals surface area contributed by atoms with E-state index in [1.54, 1.807) is 5.57 Å². The molecule has 1 aromatic carbocycles. The van der Waals surface area contributed by atoms with Crippen LogP contribution in [0.15, 0.2) is 75.4 Å². The Kier molecular flexibility index (Phi) is 18.3. The Bertz CT molecular complexity index is 1180. The highest BCUT2D eigenvalue weighted by Crippen LogP contribution is 2.32. The quantitative estimate of drug-likeness (QED) is 0.190. The number of aryl methyl sites for hydroxylation is 2. The molecule has 1 atom stereocenters. The lowest BCUT2D eigenvalue weighted by Gasteiger charge is -2.33. The Labute approximate surface area is 278 Å². The van der Waals surface area contributed by atoms with Crippen molar-refractivity contribution in [2.24, 2.45) is 21.8 Å². The Morgan fingerprint density at radius 3 is 2.13 bits per heavy atom. The van der Waals surface area contributed by atoms with Gasteiger partial charge in [0.05, 0.1) is 0 Å². The van der Waals surface area contributed by atoms with Crippen LogP contribution in [-0.4, -0.2) is 36.1 Å². The maximum Gasteiger partial charge on any atom is 0.159 e. The van der Waals surface area contributed by atoms with Crippen molar-refractivity contribution in [3.63, 3.8) is 0 Å². The van der Waals surface area contributed by atoms with Crippen LogP contribution in [0.5, 0.6) is 0 Å². The molecule has 0 unspecified atom stereocenters. The van der Waals surface area contributed by atoms with Gasteiger partial charge >= 0.3 is 0 Å². The number of amidine groups is 1. The Balaban J connectivity index is 0.000000491. The van der Waals surface area contributed by atoms with Crippen molar-refractivity contribution in [3.05, 3.63) is 82.1 Å². The van der Waals surface area contributed by atoms with Crippen LogP contribution >= 0.6 is 0 Å². The van der Waals surface area contributed by atoms with Crippen LogP contribution in [0.1, 0.15) is 143 Å². The van der Waals surface area contributed by atoms with E-state index in [2.05, 4.69) is 109 Å². The first-order valence-electron chi connectivity index (χ1n) is 18.2. The fraction of sp³-hybridized carbons (Fsp3) is 0.619. The summed E-state index contributed by atoms with van der Waals surface area (Å²) >= 11 is 0. The van der Waals surface area contributed by atoms with Gasteiger partial charge in [-0.05, 0) is 101 Å². The first kappa shape index (κ1) is 38.7. The van der Waals surface area contributed by atoms with Crippen LogP contribution in [0.25, 0.3) is 0 Å². The second-order valence-electron chi connectivity index (χ2n) is 14.0. The number of rotatable bonds is 10. The van der Waals surface area contributed by atoms with Gasteiger partial charge in [-0.3, -0.25) is 4.90 Å². The molecule has 0 heterocycles. The summed E-state index contributed by atoms with van der Waals surface area (Å²) in [5.41, 5.74) is 9.04. The van der Waals surface area contributed by atoms with E-state index in [0.717, 1.165) is 54.9 Å². The lowest BCUT2D eigenvalue weighted by molar-refractivity contribution is 0.275. The molecule has 1 saturated carbocycles. The van der Waals surface area contributed by atoms with Crippen molar-refractivity contribution in [3.8, 4) is 0 Å². The molecule has 0 radical (unpaired) electrons.